The molecule has 2 nitrogen and oxygen atoms in total. The number of likely N-dealkylation sites (tertiary alicyclic amines) is 1. The fourth-order valence-electron chi connectivity index (χ4n) is 2.88. The van der Waals surface area contributed by atoms with Crippen LogP contribution in [0.15, 0.2) is 0 Å². The Kier molecular flexibility index (Phi) is 4.68. The summed E-state index contributed by atoms with van der Waals surface area (Å²) in [4.78, 5) is 14.9. The van der Waals surface area contributed by atoms with E-state index in [1.54, 1.807) is 0 Å². The zero-order valence-corrected chi connectivity index (χ0v) is 11.5. The summed E-state index contributed by atoms with van der Waals surface area (Å²) in [5.41, 5.74) is 0. The average Bonchev–Trinajstić information content (AvgIpc) is 2.63. The summed E-state index contributed by atoms with van der Waals surface area (Å²) in [6, 6.07) is 0. The van der Waals surface area contributed by atoms with E-state index in [0.29, 0.717) is 16.7 Å². The summed E-state index contributed by atoms with van der Waals surface area (Å²) in [6.45, 7) is 1.89. The van der Waals surface area contributed by atoms with Crippen LogP contribution in [0.3, 0.4) is 0 Å². The molecule has 0 spiro atoms. The van der Waals surface area contributed by atoms with E-state index in [4.69, 9.17) is 0 Å². The Morgan fingerprint density at radius 1 is 1.00 bits per heavy atom. The highest BCUT2D eigenvalue weighted by Crippen LogP contribution is 2.26. The van der Waals surface area contributed by atoms with Crippen LogP contribution in [0.25, 0.3) is 0 Å². The molecule has 0 aromatic carbocycles. The zero-order valence-electron chi connectivity index (χ0n) is 9.96. The maximum absolute atomic E-state index is 12.3. The van der Waals surface area contributed by atoms with E-state index >= 15 is 0 Å². The number of rotatable bonds is 1. The van der Waals surface area contributed by atoms with Crippen molar-refractivity contribution in [2.45, 2.75) is 56.2 Å². The molecule has 1 amide bonds. The molecular formula is C13H22BrNO. The van der Waals surface area contributed by atoms with E-state index < -0.39 is 0 Å². The largest absolute Gasteiger partial charge is 0.341 e. The van der Waals surface area contributed by atoms with Gasteiger partial charge in [-0.3, -0.25) is 4.79 Å². The van der Waals surface area contributed by atoms with Gasteiger partial charge in [-0.05, 0) is 19.3 Å². The van der Waals surface area contributed by atoms with Crippen molar-refractivity contribution >= 4 is 21.8 Å². The maximum Gasteiger partial charge on any atom is 0.225 e. The molecule has 92 valence electrons. The Morgan fingerprint density at radius 2 is 1.62 bits per heavy atom. The molecule has 3 heteroatoms. The lowest BCUT2D eigenvalue weighted by molar-refractivity contribution is -0.135. The number of halogens is 1. The first kappa shape index (κ1) is 12.4. The third-order valence-electron chi connectivity index (χ3n) is 3.90. The molecule has 1 heterocycles. The molecule has 1 aliphatic carbocycles. The normalized spacial score (nSPS) is 28.8. The monoisotopic (exact) mass is 287 g/mol. The topological polar surface area (TPSA) is 20.3 Å². The second-order valence-corrected chi connectivity index (χ2v) is 6.51. The zero-order chi connectivity index (χ0) is 11.4. The van der Waals surface area contributed by atoms with Gasteiger partial charge in [0.25, 0.3) is 0 Å². The second-order valence-electron chi connectivity index (χ2n) is 5.21. The van der Waals surface area contributed by atoms with Gasteiger partial charge in [-0.25, -0.2) is 0 Å². The second kappa shape index (κ2) is 6.04. The van der Waals surface area contributed by atoms with Crippen molar-refractivity contribution in [3.63, 3.8) is 0 Å². The van der Waals surface area contributed by atoms with Crippen molar-refractivity contribution in [3.8, 4) is 0 Å². The minimum Gasteiger partial charge on any atom is -0.341 e. The first-order valence-corrected chi connectivity index (χ1v) is 7.62. The van der Waals surface area contributed by atoms with Crippen LogP contribution < -0.4 is 0 Å². The Morgan fingerprint density at radius 3 is 2.19 bits per heavy atom. The fraction of sp³-hybridized carbons (Fsp3) is 0.923. The Bertz CT molecular complexity index is 236. The lowest BCUT2D eigenvalue weighted by Gasteiger charge is -2.24. The highest BCUT2D eigenvalue weighted by atomic mass is 79.9. The lowest BCUT2D eigenvalue weighted by atomic mass is 9.90. The number of carbonyl (C=O) groups is 1. The molecule has 0 bridgehead atoms. The SMILES string of the molecule is O=C(C1CCCCCCC1)N1CCC(Br)C1. The van der Waals surface area contributed by atoms with Gasteiger partial charge in [0.15, 0.2) is 0 Å². The third kappa shape index (κ3) is 3.22. The van der Waals surface area contributed by atoms with Crippen LogP contribution in [0, 0.1) is 5.92 Å². The molecular weight excluding hydrogens is 266 g/mol. The van der Waals surface area contributed by atoms with Crippen molar-refractivity contribution in [1.29, 1.82) is 0 Å². The predicted molar refractivity (Wildman–Crippen MR) is 69.7 cm³/mol. The van der Waals surface area contributed by atoms with E-state index in [1.165, 1.54) is 32.1 Å². The fourth-order valence-corrected chi connectivity index (χ4v) is 3.43. The highest BCUT2D eigenvalue weighted by molar-refractivity contribution is 9.09. The minimum atomic E-state index is 0.332. The summed E-state index contributed by atoms with van der Waals surface area (Å²) >= 11 is 3.61. The molecule has 2 fully saturated rings. The van der Waals surface area contributed by atoms with Gasteiger partial charge in [-0.1, -0.05) is 48.0 Å². The highest BCUT2D eigenvalue weighted by Gasteiger charge is 2.29. The standard InChI is InChI=1S/C13H22BrNO/c14-12-8-9-15(10-12)13(16)11-6-4-2-1-3-5-7-11/h11-12H,1-10H2. The quantitative estimate of drug-likeness (QED) is 0.678. The molecule has 0 N–H and O–H groups in total. The van der Waals surface area contributed by atoms with Crippen LogP contribution in [-0.2, 0) is 4.79 Å². The van der Waals surface area contributed by atoms with Crippen molar-refractivity contribution in [2.24, 2.45) is 5.92 Å². The van der Waals surface area contributed by atoms with Crippen molar-refractivity contribution in [2.75, 3.05) is 13.1 Å². The first-order valence-electron chi connectivity index (χ1n) is 6.70. The van der Waals surface area contributed by atoms with E-state index in [1.807, 2.05) is 0 Å². The molecule has 1 saturated carbocycles. The van der Waals surface area contributed by atoms with E-state index in [-0.39, 0.29) is 0 Å². The van der Waals surface area contributed by atoms with Crippen LogP contribution >= 0.6 is 15.9 Å². The van der Waals surface area contributed by atoms with Gasteiger partial charge in [0, 0.05) is 23.8 Å². The molecule has 2 aliphatic rings. The lowest BCUT2D eigenvalue weighted by Crippen LogP contribution is -2.34. The van der Waals surface area contributed by atoms with Gasteiger partial charge >= 0.3 is 0 Å². The van der Waals surface area contributed by atoms with Crippen LogP contribution in [0.2, 0.25) is 0 Å². The van der Waals surface area contributed by atoms with Gasteiger partial charge in [0.2, 0.25) is 5.91 Å². The van der Waals surface area contributed by atoms with Gasteiger partial charge in [0.05, 0.1) is 0 Å². The number of amides is 1. The van der Waals surface area contributed by atoms with Crippen LogP contribution in [0.5, 0.6) is 0 Å². The maximum atomic E-state index is 12.3. The van der Waals surface area contributed by atoms with Crippen molar-refractivity contribution in [1.82, 2.24) is 4.90 Å². The number of hydrogen-bond acceptors (Lipinski definition) is 1. The Hall–Kier alpha value is -0.0500. The summed E-state index contributed by atoms with van der Waals surface area (Å²) in [6.07, 6.45) is 9.90. The smallest absolute Gasteiger partial charge is 0.225 e. The average molecular weight is 288 g/mol. The van der Waals surface area contributed by atoms with Crippen LogP contribution in [0.4, 0.5) is 0 Å². The molecule has 0 aromatic rings. The summed E-state index contributed by atoms with van der Waals surface area (Å²) < 4.78 is 0. The Balaban J connectivity index is 1.86. The van der Waals surface area contributed by atoms with E-state index in [2.05, 4.69) is 20.8 Å². The molecule has 1 unspecified atom stereocenters. The first-order chi connectivity index (χ1) is 7.77. The molecule has 16 heavy (non-hydrogen) atoms. The minimum absolute atomic E-state index is 0.332. The summed E-state index contributed by atoms with van der Waals surface area (Å²) in [7, 11) is 0. The van der Waals surface area contributed by atoms with Crippen LogP contribution in [-0.4, -0.2) is 28.7 Å². The van der Waals surface area contributed by atoms with E-state index in [9.17, 15) is 4.79 Å². The summed E-state index contributed by atoms with van der Waals surface area (Å²) in [5.74, 6) is 0.766. The van der Waals surface area contributed by atoms with Gasteiger partial charge in [-0.15, -0.1) is 0 Å². The molecule has 1 aliphatic heterocycles. The Labute approximate surface area is 107 Å². The van der Waals surface area contributed by atoms with Gasteiger partial charge in [-0.2, -0.15) is 0 Å². The molecule has 0 radical (unpaired) electrons. The molecule has 1 atom stereocenters. The molecule has 1 saturated heterocycles. The van der Waals surface area contributed by atoms with Crippen molar-refractivity contribution in [3.05, 3.63) is 0 Å². The molecule has 2 rings (SSSR count). The number of alkyl halides is 1. The van der Waals surface area contributed by atoms with Gasteiger partial charge < -0.3 is 4.90 Å². The number of carbonyl (C=O) groups excluding carboxylic acids is 1. The van der Waals surface area contributed by atoms with Crippen LogP contribution in [0.1, 0.15) is 51.4 Å². The number of nitrogens with zero attached hydrogens (tertiary/aromatic N) is 1. The summed E-state index contributed by atoms with van der Waals surface area (Å²) in [5, 5.41) is 0. The van der Waals surface area contributed by atoms with Gasteiger partial charge in [0.1, 0.15) is 0 Å². The number of hydrogen-bond donors (Lipinski definition) is 0. The van der Waals surface area contributed by atoms with Crippen molar-refractivity contribution < 1.29 is 4.79 Å². The molecule has 0 aromatic heterocycles. The third-order valence-corrected chi connectivity index (χ3v) is 4.64. The van der Waals surface area contributed by atoms with E-state index in [0.717, 1.165) is 32.4 Å². The predicted octanol–water partition coefficient (Wildman–Crippen LogP) is 3.34.